The van der Waals surface area contributed by atoms with E-state index in [4.69, 9.17) is 0 Å². The average Bonchev–Trinajstić information content (AvgIpc) is 3.23. The Morgan fingerprint density at radius 2 is 0.906 bits per heavy atom. The van der Waals surface area contributed by atoms with Crippen LogP contribution < -0.4 is 10.2 Å². The van der Waals surface area contributed by atoms with Crippen molar-refractivity contribution >= 4 is 0 Å². The summed E-state index contributed by atoms with van der Waals surface area (Å²) < 4.78 is 4.28. The predicted molar refractivity (Wildman–Crippen MR) is 124 cm³/mol. The van der Waals surface area contributed by atoms with Gasteiger partial charge in [0.15, 0.2) is 0 Å². The van der Waals surface area contributed by atoms with Gasteiger partial charge in [0.1, 0.15) is 0 Å². The molecule has 2 aromatic carbocycles. The van der Waals surface area contributed by atoms with Crippen molar-refractivity contribution < 1.29 is 10.2 Å². The Bertz CT molecular complexity index is 1150. The number of nitrogens with zero attached hydrogens (tertiary/aromatic N) is 2. The van der Waals surface area contributed by atoms with Crippen LogP contribution in [0.15, 0.2) is 72.8 Å². The number of para-hydroxylation sites is 2. The number of aryl methyl sites for hydroxylation is 2. The Morgan fingerprint density at radius 1 is 0.562 bits per heavy atom. The maximum atomic E-state index is 13.5. The molecule has 2 aromatic heterocycles. The Kier molecular flexibility index (Phi) is 5.07. The Morgan fingerprint density at radius 3 is 1.25 bits per heavy atom. The molecule has 4 nitrogen and oxygen atoms in total. The monoisotopic (exact) mass is 424 g/mol. The quantitative estimate of drug-likeness (QED) is 0.500. The van der Waals surface area contributed by atoms with Crippen LogP contribution in [0.25, 0.3) is 11.4 Å². The summed E-state index contributed by atoms with van der Waals surface area (Å²) in [5.74, 6) is -1.02. The summed E-state index contributed by atoms with van der Waals surface area (Å²) in [6.07, 6.45) is -1.88. The van der Waals surface area contributed by atoms with Gasteiger partial charge < -0.3 is 19.3 Å². The third-order valence-corrected chi connectivity index (χ3v) is 7.10. The smallest absolute Gasteiger partial charge is 0.0455 e. The average molecular weight is 425 g/mol. The van der Waals surface area contributed by atoms with Crippen LogP contribution in [0.5, 0.6) is 0 Å². The highest BCUT2D eigenvalue weighted by molar-refractivity contribution is 5.48. The highest BCUT2D eigenvalue weighted by Crippen LogP contribution is 2.48. The van der Waals surface area contributed by atoms with Gasteiger partial charge in [-0.1, -0.05) is 36.4 Å². The first kappa shape index (κ1) is 20.8. The van der Waals surface area contributed by atoms with Gasteiger partial charge in [0.25, 0.3) is 0 Å². The van der Waals surface area contributed by atoms with Crippen LogP contribution in [-0.4, -0.2) is 21.3 Å². The van der Waals surface area contributed by atoms with Crippen molar-refractivity contribution in [3.63, 3.8) is 0 Å². The maximum Gasteiger partial charge on any atom is 0.0455 e. The minimum absolute atomic E-state index is 0.511. The van der Waals surface area contributed by atoms with Crippen LogP contribution in [0.3, 0.4) is 0 Å². The largest absolute Gasteiger partial charge is 0.851 e. The van der Waals surface area contributed by atoms with Gasteiger partial charge in [-0.15, -0.1) is 12.2 Å². The van der Waals surface area contributed by atoms with E-state index in [0.717, 1.165) is 45.3 Å². The fourth-order valence-electron chi connectivity index (χ4n) is 5.58. The zero-order valence-corrected chi connectivity index (χ0v) is 18.9. The summed E-state index contributed by atoms with van der Waals surface area (Å²) in [6, 6.07) is 24.3. The van der Waals surface area contributed by atoms with E-state index in [2.05, 4.69) is 33.4 Å². The lowest BCUT2D eigenvalue weighted by Gasteiger charge is -2.61. The standard InChI is InChI=1S/C28H28N2O2/c1-17-15-23(19(3)29(17)21-11-7-5-8-12-21)25-27(31)26(28(25)32)24-16-18(2)30(20(24)4)22-13-9-6-10-14-22/h5-16,25-28H,1-4H3/q-2. The van der Waals surface area contributed by atoms with Gasteiger partial charge in [-0.2, -0.15) is 0 Å². The summed E-state index contributed by atoms with van der Waals surface area (Å²) in [4.78, 5) is 0. The van der Waals surface area contributed by atoms with E-state index in [9.17, 15) is 10.2 Å². The molecule has 32 heavy (non-hydrogen) atoms. The van der Waals surface area contributed by atoms with Crippen molar-refractivity contribution in [3.8, 4) is 11.4 Å². The molecule has 0 bridgehead atoms. The van der Waals surface area contributed by atoms with Crippen LogP contribution in [0, 0.1) is 27.7 Å². The summed E-state index contributed by atoms with van der Waals surface area (Å²) in [7, 11) is 0. The third kappa shape index (κ3) is 3.06. The molecule has 4 aromatic rings. The number of aromatic nitrogens is 2. The van der Waals surface area contributed by atoms with Crippen molar-refractivity contribution in [2.75, 3.05) is 0 Å². The lowest BCUT2D eigenvalue weighted by molar-refractivity contribution is -0.536. The third-order valence-electron chi connectivity index (χ3n) is 7.10. The van der Waals surface area contributed by atoms with Crippen LogP contribution >= 0.6 is 0 Å². The first-order valence-corrected chi connectivity index (χ1v) is 11.2. The number of hydrogen-bond acceptors (Lipinski definition) is 2. The lowest BCUT2D eigenvalue weighted by atomic mass is 9.63. The molecule has 0 unspecified atom stereocenters. The molecule has 0 aliphatic heterocycles. The minimum Gasteiger partial charge on any atom is -0.851 e. The molecule has 0 atom stereocenters. The van der Waals surface area contributed by atoms with Gasteiger partial charge in [0.05, 0.1) is 0 Å². The van der Waals surface area contributed by atoms with Crippen molar-refractivity contribution in [2.24, 2.45) is 0 Å². The molecule has 1 saturated carbocycles. The molecule has 1 fully saturated rings. The second-order valence-electron chi connectivity index (χ2n) is 8.98. The second-order valence-corrected chi connectivity index (χ2v) is 8.98. The molecule has 4 heteroatoms. The van der Waals surface area contributed by atoms with E-state index in [-0.39, 0.29) is 0 Å². The minimum atomic E-state index is -0.938. The van der Waals surface area contributed by atoms with Gasteiger partial charge >= 0.3 is 0 Å². The van der Waals surface area contributed by atoms with E-state index in [1.54, 1.807) is 0 Å². The van der Waals surface area contributed by atoms with Gasteiger partial charge in [0.2, 0.25) is 0 Å². The number of rotatable bonds is 4. The number of benzene rings is 2. The molecule has 1 aliphatic rings. The normalized spacial score (nSPS) is 22.7. The number of hydrogen-bond donors (Lipinski definition) is 0. The first-order chi connectivity index (χ1) is 15.4. The van der Waals surface area contributed by atoms with Crippen molar-refractivity contribution in [1.29, 1.82) is 0 Å². The maximum absolute atomic E-state index is 13.5. The zero-order chi connectivity index (χ0) is 22.6. The first-order valence-electron chi connectivity index (χ1n) is 11.2. The molecular weight excluding hydrogens is 396 g/mol. The molecule has 0 saturated heterocycles. The van der Waals surface area contributed by atoms with Gasteiger partial charge in [0, 0.05) is 34.2 Å². The van der Waals surface area contributed by atoms with Gasteiger partial charge in [-0.3, -0.25) is 0 Å². The molecule has 2 heterocycles. The molecule has 5 rings (SSSR count). The van der Waals surface area contributed by atoms with E-state index in [1.807, 2.05) is 76.2 Å². The molecule has 0 spiro atoms. The Hall–Kier alpha value is -3.08. The molecule has 164 valence electrons. The zero-order valence-electron chi connectivity index (χ0n) is 18.9. The molecular formula is C28H28N2O2-2. The summed E-state index contributed by atoms with van der Waals surface area (Å²) >= 11 is 0. The molecule has 0 amide bonds. The van der Waals surface area contributed by atoms with Gasteiger partial charge in [-0.05, 0) is 87.1 Å². The van der Waals surface area contributed by atoms with Crippen molar-refractivity contribution in [2.45, 2.75) is 51.7 Å². The highest BCUT2D eigenvalue weighted by atomic mass is 16.3. The van der Waals surface area contributed by atoms with Crippen LogP contribution in [0.4, 0.5) is 0 Å². The van der Waals surface area contributed by atoms with Crippen LogP contribution in [0.2, 0.25) is 0 Å². The highest BCUT2D eigenvalue weighted by Gasteiger charge is 2.41. The Balaban J connectivity index is 1.48. The SMILES string of the molecule is Cc1cc(C2C([O-])C(c3cc(C)n(-c4ccccc4)c3C)C2[O-])c(C)n1-c1ccccc1. The fourth-order valence-corrected chi connectivity index (χ4v) is 5.58. The van der Waals surface area contributed by atoms with Crippen LogP contribution in [-0.2, 0) is 0 Å². The van der Waals surface area contributed by atoms with Crippen molar-refractivity contribution in [3.05, 3.63) is 107 Å². The van der Waals surface area contributed by atoms with E-state index < -0.39 is 24.0 Å². The molecule has 0 N–H and O–H groups in total. The lowest BCUT2D eigenvalue weighted by Crippen LogP contribution is -2.63. The molecule has 1 aliphatic carbocycles. The van der Waals surface area contributed by atoms with Gasteiger partial charge in [-0.25, -0.2) is 0 Å². The summed E-state index contributed by atoms with van der Waals surface area (Å²) in [5, 5.41) is 26.9. The van der Waals surface area contributed by atoms with Crippen LogP contribution in [0.1, 0.15) is 45.7 Å². The van der Waals surface area contributed by atoms with E-state index in [0.29, 0.717) is 0 Å². The van der Waals surface area contributed by atoms with E-state index in [1.165, 1.54) is 0 Å². The summed E-state index contributed by atoms with van der Waals surface area (Å²) in [5.41, 5.74) is 8.01. The topological polar surface area (TPSA) is 56.0 Å². The Labute approximate surface area is 189 Å². The van der Waals surface area contributed by atoms with E-state index >= 15 is 0 Å². The molecule has 0 radical (unpaired) electrons. The fraction of sp³-hybridized carbons (Fsp3) is 0.286. The predicted octanol–water partition coefficient (Wildman–Crippen LogP) is 3.84. The second kappa shape index (κ2) is 7.80. The van der Waals surface area contributed by atoms with Crippen molar-refractivity contribution in [1.82, 2.24) is 9.13 Å². The summed E-state index contributed by atoms with van der Waals surface area (Å²) in [6.45, 7) is 8.10.